The molecule has 0 spiro atoms. The van der Waals surface area contributed by atoms with Crippen LogP contribution in [0.25, 0.3) is 0 Å². The maximum atomic E-state index is 12.4. The van der Waals surface area contributed by atoms with Crippen molar-refractivity contribution in [2.45, 2.75) is 26.7 Å². The maximum absolute atomic E-state index is 12.4. The van der Waals surface area contributed by atoms with Gasteiger partial charge in [0.15, 0.2) is 11.5 Å². The summed E-state index contributed by atoms with van der Waals surface area (Å²) in [7, 11) is 3.48. The number of rotatable bonds is 7. The van der Waals surface area contributed by atoms with Crippen molar-refractivity contribution in [1.82, 2.24) is 10.2 Å². The summed E-state index contributed by atoms with van der Waals surface area (Å²) in [5.41, 5.74) is 1.62. The number of hydrogen-bond acceptors (Lipinski definition) is 5. The van der Waals surface area contributed by atoms with Gasteiger partial charge in [-0.25, -0.2) is 0 Å². The minimum atomic E-state index is -0.352. The van der Waals surface area contributed by atoms with Crippen molar-refractivity contribution in [2.75, 3.05) is 30.9 Å². The molecule has 0 radical (unpaired) electrons. The number of nitrogens with one attached hydrogen (secondary N) is 1. The summed E-state index contributed by atoms with van der Waals surface area (Å²) in [6, 6.07) is 6.89. The van der Waals surface area contributed by atoms with Crippen LogP contribution in [0.2, 0.25) is 5.02 Å². The molecule has 0 saturated heterocycles. The summed E-state index contributed by atoms with van der Waals surface area (Å²) in [6.07, 6.45) is 2.19. The van der Waals surface area contributed by atoms with Gasteiger partial charge in [-0.2, -0.15) is 0 Å². The molecule has 1 aromatic heterocycles. The number of hydrogen-bond donors (Lipinski definition) is 1. The molecule has 25 heavy (non-hydrogen) atoms. The molecule has 0 aliphatic rings. The van der Waals surface area contributed by atoms with Gasteiger partial charge in [0, 0.05) is 24.7 Å². The number of aromatic nitrogens is 2. The first-order valence-corrected chi connectivity index (χ1v) is 8.54. The van der Waals surface area contributed by atoms with Gasteiger partial charge in [0.2, 0.25) is 0 Å². The number of carbonyl (C=O) groups is 1. The Kier molecular flexibility index (Phi) is 6.58. The summed E-state index contributed by atoms with van der Waals surface area (Å²) in [4.78, 5) is 14.4. The highest BCUT2D eigenvalue weighted by Crippen LogP contribution is 2.31. The summed E-state index contributed by atoms with van der Waals surface area (Å²) in [5.74, 6) is 0.882. The van der Waals surface area contributed by atoms with Crippen molar-refractivity contribution >= 4 is 29.0 Å². The smallest absolute Gasteiger partial charge is 0.276 e. The Morgan fingerprint density at radius 3 is 2.68 bits per heavy atom. The van der Waals surface area contributed by atoms with Crippen LogP contribution in [0.3, 0.4) is 0 Å². The van der Waals surface area contributed by atoms with Crippen molar-refractivity contribution in [2.24, 2.45) is 0 Å². The number of unbranched alkanes of at least 4 members (excludes halogenated alkanes) is 1. The second-order valence-electron chi connectivity index (χ2n) is 5.81. The van der Waals surface area contributed by atoms with Crippen LogP contribution in [0.5, 0.6) is 5.75 Å². The molecule has 0 aliphatic carbocycles. The highest BCUT2D eigenvalue weighted by atomic mass is 35.5. The Bertz CT molecular complexity index is 735. The fourth-order valence-electron chi connectivity index (χ4n) is 2.28. The normalized spacial score (nSPS) is 10.4. The average molecular weight is 363 g/mol. The van der Waals surface area contributed by atoms with Crippen LogP contribution in [-0.2, 0) is 0 Å². The molecule has 0 unspecified atom stereocenters. The zero-order chi connectivity index (χ0) is 18.4. The van der Waals surface area contributed by atoms with Gasteiger partial charge >= 0.3 is 0 Å². The van der Waals surface area contributed by atoms with Gasteiger partial charge in [0.1, 0.15) is 5.75 Å². The minimum absolute atomic E-state index is 0.238. The van der Waals surface area contributed by atoms with E-state index < -0.39 is 0 Å². The number of methoxy groups -OCH3 is 1. The van der Waals surface area contributed by atoms with Gasteiger partial charge < -0.3 is 15.0 Å². The van der Waals surface area contributed by atoms with Crippen LogP contribution >= 0.6 is 11.6 Å². The number of nitrogens with zero attached hydrogens (tertiary/aromatic N) is 3. The van der Waals surface area contributed by atoms with E-state index in [-0.39, 0.29) is 11.6 Å². The number of aryl methyl sites for hydroxylation is 1. The van der Waals surface area contributed by atoms with E-state index >= 15 is 0 Å². The van der Waals surface area contributed by atoms with Crippen molar-refractivity contribution in [3.8, 4) is 5.75 Å². The third-order valence-electron chi connectivity index (χ3n) is 3.85. The van der Waals surface area contributed by atoms with Crippen molar-refractivity contribution < 1.29 is 9.53 Å². The van der Waals surface area contributed by atoms with Crippen LogP contribution in [0.1, 0.15) is 35.8 Å². The molecule has 0 atom stereocenters. The van der Waals surface area contributed by atoms with Gasteiger partial charge in [-0.15, -0.1) is 10.2 Å². The Morgan fingerprint density at radius 2 is 2.08 bits per heavy atom. The minimum Gasteiger partial charge on any atom is -0.495 e. The molecule has 7 heteroatoms. The van der Waals surface area contributed by atoms with E-state index in [1.54, 1.807) is 24.3 Å². The number of anilines is 2. The zero-order valence-corrected chi connectivity index (χ0v) is 15.7. The molecule has 1 N–H and O–H groups in total. The van der Waals surface area contributed by atoms with Crippen molar-refractivity contribution in [3.05, 3.63) is 40.5 Å². The molecule has 1 amide bonds. The fourth-order valence-corrected chi connectivity index (χ4v) is 2.43. The number of benzene rings is 1. The quantitative estimate of drug-likeness (QED) is 0.808. The predicted molar refractivity (Wildman–Crippen MR) is 101 cm³/mol. The number of halogens is 1. The third kappa shape index (κ3) is 4.82. The number of ether oxygens (including phenoxy) is 1. The molecule has 6 nitrogen and oxygen atoms in total. The van der Waals surface area contributed by atoms with Gasteiger partial charge in [-0.1, -0.05) is 24.9 Å². The predicted octanol–water partition coefficient (Wildman–Crippen LogP) is 3.94. The second kappa shape index (κ2) is 8.67. The lowest BCUT2D eigenvalue weighted by Gasteiger charge is -2.17. The lowest BCUT2D eigenvalue weighted by Crippen LogP contribution is -2.21. The first-order chi connectivity index (χ1) is 12.0. The van der Waals surface area contributed by atoms with Crippen molar-refractivity contribution in [1.29, 1.82) is 0 Å². The van der Waals surface area contributed by atoms with Crippen molar-refractivity contribution in [3.63, 3.8) is 0 Å². The second-order valence-corrected chi connectivity index (χ2v) is 6.21. The van der Waals surface area contributed by atoms with E-state index in [0.29, 0.717) is 16.5 Å². The van der Waals surface area contributed by atoms with E-state index in [2.05, 4.69) is 22.4 Å². The topological polar surface area (TPSA) is 67.4 Å². The first-order valence-electron chi connectivity index (χ1n) is 8.16. The van der Waals surface area contributed by atoms with Crippen LogP contribution < -0.4 is 15.0 Å². The molecule has 0 bridgehead atoms. The zero-order valence-electron chi connectivity index (χ0n) is 15.0. The van der Waals surface area contributed by atoms with Gasteiger partial charge in [-0.3, -0.25) is 4.79 Å². The van der Waals surface area contributed by atoms with Crippen LogP contribution in [-0.4, -0.2) is 36.8 Å². The SMILES string of the molecule is CCCCN(C)c1ccc(C(=O)Nc2cc(C)c(Cl)cc2OC)nn1. The lowest BCUT2D eigenvalue weighted by atomic mass is 10.2. The van der Waals surface area contributed by atoms with E-state index in [1.165, 1.54) is 7.11 Å². The Morgan fingerprint density at radius 1 is 1.32 bits per heavy atom. The fraction of sp³-hybridized carbons (Fsp3) is 0.389. The number of carbonyl (C=O) groups excluding carboxylic acids is 1. The molecule has 2 rings (SSSR count). The molecule has 1 heterocycles. The van der Waals surface area contributed by atoms with Crippen LogP contribution in [0.15, 0.2) is 24.3 Å². The van der Waals surface area contributed by atoms with Crippen LogP contribution in [0.4, 0.5) is 11.5 Å². The Balaban J connectivity index is 2.12. The van der Waals surface area contributed by atoms with Gasteiger partial charge in [0.25, 0.3) is 5.91 Å². The standard InChI is InChI=1S/C18H23ClN4O2/c1-5-6-9-23(3)17-8-7-14(21-22-17)18(24)20-15-10-12(2)13(19)11-16(15)25-4/h7-8,10-11H,5-6,9H2,1-4H3,(H,20,24). The largest absolute Gasteiger partial charge is 0.495 e. The summed E-state index contributed by atoms with van der Waals surface area (Å²) < 4.78 is 5.26. The average Bonchev–Trinajstić information content (AvgIpc) is 2.62. The van der Waals surface area contributed by atoms with E-state index in [9.17, 15) is 4.79 Å². The molecule has 2 aromatic rings. The summed E-state index contributed by atoms with van der Waals surface area (Å²) in [5, 5.41) is 11.5. The van der Waals surface area contributed by atoms with Gasteiger partial charge in [-0.05, 0) is 37.1 Å². The molecule has 0 fully saturated rings. The van der Waals surface area contributed by atoms with Gasteiger partial charge in [0.05, 0.1) is 12.8 Å². The number of amides is 1. The first kappa shape index (κ1) is 19.0. The molecule has 0 aliphatic heterocycles. The molecular formula is C18H23ClN4O2. The molecule has 134 valence electrons. The lowest BCUT2D eigenvalue weighted by molar-refractivity contribution is 0.102. The summed E-state index contributed by atoms with van der Waals surface area (Å²) in [6.45, 7) is 4.90. The van der Waals surface area contributed by atoms with E-state index in [4.69, 9.17) is 16.3 Å². The van der Waals surface area contributed by atoms with E-state index in [1.807, 2.05) is 18.9 Å². The Labute approximate surface area is 153 Å². The molecule has 1 aromatic carbocycles. The Hall–Kier alpha value is -2.34. The highest BCUT2D eigenvalue weighted by molar-refractivity contribution is 6.31. The van der Waals surface area contributed by atoms with Crippen LogP contribution in [0, 0.1) is 6.92 Å². The molecule has 0 saturated carbocycles. The highest BCUT2D eigenvalue weighted by Gasteiger charge is 2.14. The summed E-state index contributed by atoms with van der Waals surface area (Å²) >= 11 is 6.08. The maximum Gasteiger partial charge on any atom is 0.276 e. The van der Waals surface area contributed by atoms with E-state index in [0.717, 1.165) is 30.8 Å². The third-order valence-corrected chi connectivity index (χ3v) is 4.26. The molecular weight excluding hydrogens is 340 g/mol. The monoisotopic (exact) mass is 362 g/mol.